The smallest absolute Gasteiger partial charge is 0.258 e. The quantitative estimate of drug-likeness (QED) is 0.474. The monoisotopic (exact) mass is 350 g/mol. The number of nitro groups is 1. The SMILES string of the molecule is O=[N+]([O-])c1cccc2ccc(Sc3cccc(C(F)(F)F)c3)nc12. The second-order valence-electron chi connectivity index (χ2n) is 4.88. The van der Waals surface area contributed by atoms with Crippen molar-refractivity contribution in [2.45, 2.75) is 16.1 Å². The van der Waals surface area contributed by atoms with Crippen LogP contribution < -0.4 is 0 Å². The third-order valence-electron chi connectivity index (χ3n) is 3.25. The molecule has 1 aromatic heterocycles. The molecule has 0 spiro atoms. The van der Waals surface area contributed by atoms with Crippen LogP contribution in [0.1, 0.15) is 5.56 Å². The topological polar surface area (TPSA) is 56.0 Å². The van der Waals surface area contributed by atoms with Crippen LogP contribution in [0.5, 0.6) is 0 Å². The van der Waals surface area contributed by atoms with E-state index in [1.165, 1.54) is 18.2 Å². The highest BCUT2D eigenvalue weighted by Gasteiger charge is 2.30. The first kappa shape index (κ1) is 16.3. The fourth-order valence-electron chi connectivity index (χ4n) is 2.17. The first-order valence-corrected chi connectivity index (χ1v) is 7.55. The standard InChI is InChI=1S/C16H9F3N2O2S/c17-16(18,19)11-4-2-5-12(9-11)24-14-8-7-10-3-1-6-13(21(22)23)15(10)20-14/h1-9H. The minimum absolute atomic E-state index is 0.140. The van der Waals surface area contributed by atoms with Gasteiger partial charge in [-0.05, 0) is 30.3 Å². The Hall–Kier alpha value is -2.61. The molecule has 0 saturated heterocycles. The number of non-ortho nitro benzene ring substituents is 1. The molecule has 0 saturated carbocycles. The van der Waals surface area contributed by atoms with Crippen molar-refractivity contribution < 1.29 is 18.1 Å². The second kappa shape index (κ2) is 6.12. The zero-order valence-corrected chi connectivity index (χ0v) is 12.8. The molecule has 3 rings (SSSR count). The van der Waals surface area contributed by atoms with Crippen molar-refractivity contribution in [1.29, 1.82) is 0 Å². The number of para-hydroxylation sites is 1. The van der Waals surface area contributed by atoms with E-state index >= 15 is 0 Å². The van der Waals surface area contributed by atoms with Crippen LogP contribution in [0, 0.1) is 10.1 Å². The predicted molar refractivity (Wildman–Crippen MR) is 84.0 cm³/mol. The van der Waals surface area contributed by atoms with Gasteiger partial charge in [-0.1, -0.05) is 30.0 Å². The predicted octanol–water partition coefficient (Wildman–Crippen LogP) is 5.31. The van der Waals surface area contributed by atoms with Crippen LogP contribution in [-0.2, 0) is 6.18 Å². The highest BCUT2D eigenvalue weighted by atomic mass is 32.2. The first-order chi connectivity index (χ1) is 11.3. The Morgan fingerprint density at radius 2 is 1.79 bits per heavy atom. The normalized spacial score (nSPS) is 11.6. The fourth-order valence-corrected chi connectivity index (χ4v) is 3.02. The molecule has 1 heterocycles. The number of halogens is 3. The third kappa shape index (κ3) is 3.33. The molecule has 122 valence electrons. The number of benzene rings is 2. The molecule has 2 aromatic carbocycles. The Kier molecular flexibility index (Phi) is 4.15. The zero-order chi connectivity index (χ0) is 17.3. The zero-order valence-electron chi connectivity index (χ0n) is 11.9. The Balaban J connectivity index is 1.99. The van der Waals surface area contributed by atoms with Crippen LogP contribution in [0.4, 0.5) is 18.9 Å². The van der Waals surface area contributed by atoms with E-state index in [4.69, 9.17) is 0 Å². The molecule has 0 fully saturated rings. The lowest BCUT2D eigenvalue weighted by atomic mass is 10.2. The summed E-state index contributed by atoms with van der Waals surface area (Å²) in [5, 5.41) is 12.1. The summed E-state index contributed by atoms with van der Waals surface area (Å²) in [6.45, 7) is 0. The average Bonchev–Trinajstić information content (AvgIpc) is 2.53. The van der Waals surface area contributed by atoms with Gasteiger partial charge in [0.2, 0.25) is 0 Å². The van der Waals surface area contributed by atoms with E-state index in [9.17, 15) is 23.3 Å². The number of fused-ring (bicyclic) bond motifs is 1. The number of pyridine rings is 1. The van der Waals surface area contributed by atoms with E-state index in [-0.39, 0.29) is 11.2 Å². The lowest BCUT2D eigenvalue weighted by Gasteiger charge is -2.08. The molecule has 0 radical (unpaired) electrons. The van der Waals surface area contributed by atoms with Crippen LogP contribution in [0.15, 0.2) is 64.5 Å². The molecule has 24 heavy (non-hydrogen) atoms. The molecule has 0 aliphatic heterocycles. The number of hydrogen-bond acceptors (Lipinski definition) is 4. The molecule has 3 aromatic rings. The summed E-state index contributed by atoms with van der Waals surface area (Å²) in [6.07, 6.45) is -4.42. The summed E-state index contributed by atoms with van der Waals surface area (Å²) in [5.41, 5.74) is -0.683. The van der Waals surface area contributed by atoms with E-state index in [2.05, 4.69) is 4.98 Å². The largest absolute Gasteiger partial charge is 0.416 e. The molecule has 0 aliphatic carbocycles. The molecular formula is C16H9F3N2O2S. The minimum Gasteiger partial charge on any atom is -0.258 e. The Labute approximate surface area is 138 Å². The fraction of sp³-hybridized carbons (Fsp3) is 0.0625. The summed E-state index contributed by atoms with van der Waals surface area (Å²) in [7, 11) is 0. The van der Waals surface area contributed by atoms with Gasteiger partial charge in [-0.3, -0.25) is 10.1 Å². The maximum absolute atomic E-state index is 12.8. The van der Waals surface area contributed by atoms with Crippen molar-refractivity contribution in [3.63, 3.8) is 0 Å². The van der Waals surface area contributed by atoms with Crippen molar-refractivity contribution in [3.8, 4) is 0 Å². The summed E-state index contributed by atoms with van der Waals surface area (Å²) in [5.74, 6) is 0. The van der Waals surface area contributed by atoms with Gasteiger partial charge < -0.3 is 0 Å². The molecule has 0 N–H and O–H groups in total. The van der Waals surface area contributed by atoms with Crippen molar-refractivity contribution in [2.75, 3.05) is 0 Å². The van der Waals surface area contributed by atoms with E-state index in [0.717, 1.165) is 23.9 Å². The summed E-state index contributed by atoms with van der Waals surface area (Å²) in [4.78, 5) is 15.1. The van der Waals surface area contributed by atoms with Crippen LogP contribution in [0.25, 0.3) is 10.9 Å². The molecule has 0 atom stereocenters. The van der Waals surface area contributed by atoms with Gasteiger partial charge >= 0.3 is 6.18 Å². The van der Waals surface area contributed by atoms with E-state index < -0.39 is 16.7 Å². The van der Waals surface area contributed by atoms with Crippen LogP contribution >= 0.6 is 11.8 Å². The Morgan fingerprint density at radius 1 is 1.04 bits per heavy atom. The molecule has 0 amide bonds. The van der Waals surface area contributed by atoms with Crippen molar-refractivity contribution >= 4 is 28.4 Å². The van der Waals surface area contributed by atoms with Crippen LogP contribution in [0.3, 0.4) is 0 Å². The number of rotatable bonds is 3. The lowest BCUT2D eigenvalue weighted by molar-refractivity contribution is -0.383. The third-order valence-corrected chi connectivity index (χ3v) is 4.18. The lowest BCUT2D eigenvalue weighted by Crippen LogP contribution is -2.04. The second-order valence-corrected chi connectivity index (χ2v) is 5.98. The summed E-state index contributed by atoms with van der Waals surface area (Å²) >= 11 is 1.02. The highest BCUT2D eigenvalue weighted by Crippen LogP contribution is 2.35. The van der Waals surface area contributed by atoms with Crippen molar-refractivity contribution in [2.24, 2.45) is 0 Å². The van der Waals surface area contributed by atoms with Gasteiger partial charge in [0.05, 0.1) is 10.5 Å². The summed E-state index contributed by atoms with van der Waals surface area (Å²) in [6, 6.07) is 12.7. The van der Waals surface area contributed by atoms with Crippen LogP contribution in [-0.4, -0.2) is 9.91 Å². The number of aromatic nitrogens is 1. The number of alkyl halides is 3. The maximum Gasteiger partial charge on any atom is 0.416 e. The number of hydrogen-bond donors (Lipinski definition) is 0. The molecule has 4 nitrogen and oxygen atoms in total. The van der Waals surface area contributed by atoms with E-state index in [0.29, 0.717) is 15.3 Å². The van der Waals surface area contributed by atoms with Crippen LogP contribution in [0.2, 0.25) is 0 Å². The molecule has 8 heteroatoms. The van der Waals surface area contributed by atoms with Crippen molar-refractivity contribution in [1.82, 2.24) is 4.98 Å². The molecule has 0 aliphatic rings. The number of nitrogens with zero attached hydrogens (tertiary/aromatic N) is 2. The Morgan fingerprint density at radius 3 is 2.50 bits per heavy atom. The van der Waals surface area contributed by atoms with Gasteiger partial charge in [0, 0.05) is 16.3 Å². The van der Waals surface area contributed by atoms with Gasteiger partial charge in [-0.15, -0.1) is 0 Å². The van der Waals surface area contributed by atoms with Crippen molar-refractivity contribution in [3.05, 3.63) is 70.3 Å². The summed E-state index contributed by atoms with van der Waals surface area (Å²) < 4.78 is 38.3. The van der Waals surface area contributed by atoms with Gasteiger partial charge in [0.25, 0.3) is 5.69 Å². The molecular weight excluding hydrogens is 341 g/mol. The maximum atomic E-state index is 12.8. The average molecular weight is 350 g/mol. The molecule has 0 bridgehead atoms. The minimum atomic E-state index is -4.42. The van der Waals surface area contributed by atoms with Gasteiger partial charge in [-0.2, -0.15) is 13.2 Å². The van der Waals surface area contributed by atoms with E-state index in [1.54, 1.807) is 24.3 Å². The Bertz CT molecular complexity index is 929. The van der Waals surface area contributed by atoms with Gasteiger partial charge in [0.1, 0.15) is 10.5 Å². The first-order valence-electron chi connectivity index (χ1n) is 6.74. The van der Waals surface area contributed by atoms with Gasteiger partial charge in [0.15, 0.2) is 0 Å². The highest BCUT2D eigenvalue weighted by molar-refractivity contribution is 7.99. The van der Waals surface area contributed by atoms with E-state index in [1.807, 2.05) is 0 Å². The van der Waals surface area contributed by atoms with Gasteiger partial charge in [-0.25, -0.2) is 4.98 Å². The number of nitro benzene ring substituents is 1. The molecule has 0 unspecified atom stereocenters.